The van der Waals surface area contributed by atoms with E-state index in [2.05, 4.69) is 58.5 Å². The number of carbonyl (C=O) groups is 11. The lowest BCUT2D eigenvalue weighted by Gasteiger charge is -2.34. The highest BCUT2D eigenvalue weighted by Crippen LogP contribution is 2.40. The quantitative estimate of drug-likeness (QED) is 0.0783. The maximum absolute atomic E-state index is 15.3. The molecule has 0 aromatic heterocycles. The second-order valence-electron chi connectivity index (χ2n) is 29.2. The number of alkyl halides is 2. The zero-order valence-corrected chi connectivity index (χ0v) is 59.5. The normalized spacial score (nSPS) is 34.7. The number of hydrogen-bond acceptors (Lipinski definition) is 19. The fraction of sp³-hybridized carbons (Fsp3) is 0.754. The summed E-state index contributed by atoms with van der Waals surface area (Å²) in [4.78, 5) is 161. The van der Waals surface area contributed by atoms with Gasteiger partial charge in [0.1, 0.15) is 60.7 Å². The number of aliphatic carboxylic acids is 1. The molecule has 3 saturated carbocycles. The molecule has 6 heterocycles. The van der Waals surface area contributed by atoms with Gasteiger partial charge in [0.05, 0.1) is 19.1 Å². The Balaban J connectivity index is 1.02. The average Bonchev–Trinajstić information content (AvgIpc) is 1.72. The van der Waals surface area contributed by atoms with Crippen LogP contribution in [0.15, 0.2) is 24.3 Å². The highest BCUT2D eigenvalue weighted by Gasteiger charge is 2.47. The molecule has 7 fully saturated rings. The maximum atomic E-state index is 15.3. The molecule has 17 N–H and O–H groups in total. The van der Waals surface area contributed by atoms with Gasteiger partial charge in [0.2, 0.25) is 59.1 Å². The summed E-state index contributed by atoms with van der Waals surface area (Å²) in [6.45, 7) is 1.26. The van der Waals surface area contributed by atoms with Crippen molar-refractivity contribution in [2.75, 3.05) is 64.5 Å². The molecule has 10 amide bonds. The second-order valence-corrected chi connectivity index (χ2v) is 31.3. The van der Waals surface area contributed by atoms with Crippen LogP contribution in [0.5, 0.6) is 0 Å². The third-order valence-electron chi connectivity index (χ3n) is 21.8. The fourth-order valence-corrected chi connectivity index (χ4v) is 18.1. The Morgan fingerprint density at radius 1 is 0.604 bits per heavy atom. The van der Waals surface area contributed by atoms with Crippen LogP contribution >= 0.6 is 23.5 Å². The lowest BCUT2D eigenvalue weighted by molar-refractivity contribution is -0.143. The maximum Gasteiger partial charge on any atom is 0.305 e. The summed E-state index contributed by atoms with van der Waals surface area (Å²) in [5.41, 5.74) is 13.6. The molecular weight excluding hydrogens is 1350 g/mol. The monoisotopic (exact) mass is 1460 g/mol. The summed E-state index contributed by atoms with van der Waals surface area (Å²) >= 11 is 2.88. The number of primary amides is 1. The molecule has 3 aliphatic carbocycles. The number of amides is 10. The number of aliphatic hydroxyl groups excluding tert-OH is 1. The molecule has 9 unspecified atom stereocenters. The van der Waals surface area contributed by atoms with E-state index < -0.39 is 151 Å². The van der Waals surface area contributed by atoms with Gasteiger partial charge in [-0.25, -0.2) is 8.78 Å². The molecule has 101 heavy (non-hydrogen) atoms. The van der Waals surface area contributed by atoms with Crippen LogP contribution in [-0.4, -0.2) is 234 Å². The molecule has 0 spiro atoms. The van der Waals surface area contributed by atoms with Crippen LogP contribution in [0.25, 0.3) is 0 Å². The van der Waals surface area contributed by atoms with Crippen LogP contribution in [0.1, 0.15) is 146 Å². The van der Waals surface area contributed by atoms with E-state index in [0.29, 0.717) is 121 Å². The number of carbonyl (C=O) groups excluding carboxylic acids is 10. The summed E-state index contributed by atoms with van der Waals surface area (Å²) in [6.07, 6.45) is 2.00. The summed E-state index contributed by atoms with van der Waals surface area (Å²) in [5.74, 6) is -8.98. The van der Waals surface area contributed by atoms with E-state index in [1.807, 2.05) is 24.3 Å². The number of rotatable bonds is 15. The van der Waals surface area contributed by atoms with Crippen LogP contribution in [0.2, 0.25) is 0 Å². The number of likely N-dealkylation sites (N-methyl/N-ethyl adjacent to an activating group) is 1. The number of nitrogens with one attached hydrogen (secondary N) is 11. The molecule has 9 aliphatic rings. The molecule has 562 valence electrons. The van der Waals surface area contributed by atoms with Crippen molar-refractivity contribution in [3.8, 4) is 0 Å². The molecule has 28 nitrogen and oxygen atoms in total. The Morgan fingerprint density at radius 3 is 1.75 bits per heavy atom. The molecule has 10 rings (SSSR count). The molecule has 6 aliphatic heterocycles. The second kappa shape index (κ2) is 38.5. The largest absolute Gasteiger partial charge is 0.481 e. The number of nitrogens with zero attached hydrogens (tertiary/aromatic N) is 2. The van der Waals surface area contributed by atoms with Crippen LogP contribution in [-0.2, 0) is 64.2 Å². The first-order valence-corrected chi connectivity index (χ1v) is 38.8. The summed E-state index contributed by atoms with van der Waals surface area (Å²) in [5, 5.41) is 53.6. The first kappa shape index (κ1) is 78.8. The van der Waals surface area contributed by atoms with Crippen LogP contribution in [0.4, 0.5) is 8.78 Å². The molecule has 1 aromatic carbocycles. The van der Waals surface area contributed by atoms with Crippen molar-refractivity contribution < 1.29 is 71.7 Å². The highest BCUT2D eigenvalue weighted by molar-refractivity contribution is 7.98. The van der Waals surface area contributed by atoms with E-state index in [1.54, 1.807) is 0 Å². The summed E-state index contributed by atoms with van der Waals surface area (Å²) < 4.78 is 30.5. The molecule has 17 atom stereocenters. The average molecular weight is 1460 g/mol. The van der Waals surface area contributed by atoms with Gasteiger partial charge in [-0.3, -0.25) is 52.7 Å². The number of hydrogen-bond donors (Lipinski definition) is 15. The topological polar surface area (TPSA) is 419 Å². The molecular formula is C69H107F2N15O13S2. The van der Waals surface area contributed by atoms with Gasteiger partial charge in [-0.05, 0) is 182 Å². The van der Waals surface area contributed by atoms with Crippen molar-refractivity contribution in [1.29, 1.82) is 0 Å². The Kier molecular flexibility index (Phi) is 30.0. The first-order chi connectivity index (χ1) is 48.5. The predicted octanol–water partition coefficient (Wildman–Crippen LogP) is -0.429. The minimum Gasteiger partial charge on any atom is -0.481 e. The fourth-order valence-electron chi connectivity index (χ4n) is 16.1. The predicted molar refractivity (Wildman–Crippen MR) is 375 cm³/mol. The highest BCUT2D eigenvalue weighted by atomic mass is 32.2. The molecule has 4 saturated heterocycles. The van der Waals surface area contributed by atoms with Gasteiger partial charge in [0, 0.05) is 74.4 Å². The van der Waals surface area contributed by atoms with Gasteiger partial charge in [0.15, 0.2) is 0 Å². The van der Waals surface area contributed by atoms with Gasteiger partial charge < -0.3 is 90.0 Å². The van der Waals surface area contributed by atoms with E-state index in [0.717, 1.165) is 16.0 Å². The Labute approximate surface area is 598 Å². The summed E-state index contributed by atoms with van der Waals surface area (Å²) in [6, 6.07) is -3.67. The summed E-state index contributed by atoms with van der Waals surface area (Å²) in [7, 11) is 1.40. The molecule has 0 radical (unpaired) electrons. The zero-order chi connectivity index (χ0) is 72.3. The van der Waals surface area contributed by atoms with Crippen LogP contribution in [0, 0.1) is 29.6 Å². The minimum atomic E-state index is -1.90. The number of halogens is 2. The van der Waals surface area contributed by atoms with E-state index in [1.165, 1.54) is 35.5 Å². The Morgan fingerprint density at radius 2 is 1.17 bits per heavy atom. The zero-order valence-electron chi connectivity index (χ0n) is 57.9. The van der Waals surface area contributed by atoms with Gasteiger partial charge >= 0.3 is 5.97 Å². The smallest absolute Gasteiger partial charge is 0.305 e. The van der Waals surface area contributed by atoms with Crippen molar-refractivity contribution in [1.82, 2.24) is 68.3 Å². The number of carboxylic acids is 1. The van der Waals surface area contributed by atoms with Crippen molar-refractivity contribution >= 4 is 88.6 Å². The number of unbranched alkanes of at least 4 members (excludes halogenated alkanes) is 1. The Hall–Kier alpha value is -6.29. The number of nitrogens with two attached hydrogens (primary N) is 2. The SMILES string of the molecule is CN1CC(=O)N[C@@H](CC2CNC3CCC(F)CC23)C(=O)N[C@@H](CC2CNC3CCC(F)CC23)C(=O)N[C@@H](CC(=O)O)C(=O)N[C@@H](CC2CNCN2)C(=O)N[C@@H](CC2CCC(O)CC2)C(=O)N2CCC[C@H]2C(=O)N[C@H](C(N)=O)CSCc2ccc(cc2)CSCCC(=O)N[C@@H](CCCCN)C1=O. The molecule has 1 aromatic rings. The number of fused-ring (bicyclic) bond motifs is 34. The van der Waals surface area contributed by atoms with Crippen LogP contribution < -0.4 is 70.0 Å². The molecule has 32 heteroatoms. The number of aliphatic hydroxyl groups is 1. The lowest BCUT2D eigenvalue weighted by atomic mass is 9.76. The van der Waals surface area contributed by atoms with E-state index >= 15 is 28.0 Å². The van der Waals surface area contributed by atoms with Crippen LogP contribution in [0.3, 0.4) is 0 Å². The number of carboxylic acid groups (broad SMARTS) is 1. The number of benzene rings is 1. The third kappa shape index (κ3) is 23.1. The lowest BCUT2D eigenvalue weighted by Crippen LogP contribution is -2.61. The van der Waals surface area contributed by atoms with Crippen molar-refractivity contribution in [3.05, 3.63) is 35.4 Å². The van der Waals surface area contributed by atoms with Crippen molar-refractivity contribution in [2.24, 2.45) is 41.1 Å². The Bertz CT molecular complexity index is 3030. The van der Waals surface area contributed by atoms with Gasteiger partial charge in [-0.2, -0.15) is 23.5 Å². The number of thioether (sulfide) groups is 2. The third-order valence-corrected chi connectivity index (χ3v) is 23.9. The van der Waals surface area contributed by atoms with Gasteiger partial charge in [0.25, 0.3) is 0 Å². The standard InChI is InChI=1S/C69H107F2N15O13S2/c1-85-33-60(89)79-52(24-41-30-75-49-17-13-43(70)26-47(41)49)63(93)80-53(25-42-31-76-50-18-14-44(71)27-48(42)50)64(94)82-55(29-61(90)91)66(96)81-54(28-45-32-74-37-77-45)65(95)83-56(23-38-11-15-46(87)16-12-38)69(99)86-21-4-6-58(86)67(97)84-57(62(73)92)36-101-35-40-9-7-39(8-10-40)34-100-22-19-59(88)78-51(68(85)98)5-2-3-20-72/h7-10,38,41-58,74-77,87H,2-6,11-37,72H2,1H3,(H2,73,92)(H,78,88)(H,79,89)(H,80,93)(H,81,96)(H,82,94)(H,83,95)(H,84,97)(H,90,91)/t38?,41?,42?,43?,44?,45?,46?,47?,48?,49?,50?,51-,52-,53-,54-,55-,56-,57-,58-/m0/s1. The van der Waals surface area contributed by atoms with E-state index in [9.17, 15) is 43.8 Å². The van der Waals surface area contributed by atoms with Gasteiger partial charge in [-0.15, -0.1) is 0 Å². The van der Waals surface area contributed by atoms with E-state index in [4.69, 9.17) is 11.5 Å². The van der Waals surface area contributed by atoms with Crippen molar-refractivity contribution in [3.63, 3.8) is 0 Å². The van der Waals surface area contributed by atoms with Crippen molar-refractivity contribution in [2.45, 2.75) is 231 Å². The molecule has 2 bridgehead atoms. The van der Waals surface area contributed by atoms with E-state index in [-0.39, 0.29) is 112 Å². The van der Waals surface area contributed by atoms with Gasteiger partial charge in [-0.1, -0.05) is 24.3 Å². The minimum absolute atomic E-state index is 0.0373. The first-order valence-electron chi connectivity index (χ1n) is 36.5.